The van der Waals surface area contributed by atoms with Crippen LogP contribution in [0.1, 0.15) is 11.5 Å². The van der Waals surface area contributed by atoms with Crippen molar-refractivity contribution >= 4 is 23.4 Å². The number of amides is 2. The molecule has 3 rings (SSSR count). The van der Waals surface area contributed by atoms with Crippen LogP contribution in [-0.4, -0.2) is 66.4 Å². The summed E-state index contributed by atoms with van der Waals surface area (Å²) < 4.78 is 5.66. The van der Waals surface area contributed by atoms with E-state index in [1.807, 2.05) is 19.2 Å². The van der Waals surface area contributed by atoms with Crippen LogP contribution in [0.3, 0.4) is 0 Å². The summed E-state index contributed by atoms with van der Waals surface area (Å²) in [5, 5.41) is 3.27. The molecule has 0 bridgehead atoms. The molecule has 0 saturated carbocycles. The van der Waals surface area contributed by atoms with Crippen LogP contribution in [0.5, 0.6) is 0 Å². The number of likely N-dealkylation sites (N-methyl/N-ethyl adjacent to an activating group) is 1. The summed E-state index contributed by atoms with van der Waals surface area (Å²) in [7, 11) is 2.03. The summed E-state index contributed by atoms with van der Waals surface area (Å²) >= 11 is 6.00. The van der Waals surface area contributed by atoms with Gasteiger partial charge < -0.3 is 19.5 Å². The fourth-order valence-corrected chi connectivity index (χ4v) is 3.08. The van der Waals surface area contributed by atoms with Crippen LogP contribution in [-0.2, 0) is 16.0 Å². The molecule has 0 spiro atoms. The van der Waals surface area contributed by atoms with E-state index in [1.54, 1.807) is 24.0 Å². The molecule has 1 N–H and O–H groups in total. The normalized spacial score (nSPS) is 15.0. The molecule has 1 fully saturated rings. The van der Waals surface area contributed by atoms with Crippen LogP contribution >= 0.6 is 11.6 Å². The predicted molar refractivity (Wildman–Crippen MR) is 102 cm³/mol. The van der Waals surface area contributed by atoms with E-state index >= 15 is 0 Å². The van der Waals surface area contributed by atoms with Gasteiger partial charge in [-0.2, -0.15) is 0 Å². The number of hydrogen-bond donors (Lipinski definition) is 1. The molecule has 0 radical (unpaired) electrons. The lowest BCUT2D eigenvalue weighted by molar-refractivity contribution is -0.134. The molecular formula is C19H23ClN4O3. The van der Waals surface area contributed by atoms with E-state index in [0.717, 1.165) is 18.7 Å². The van der Waals surface area contributed by atoms with E-state index < -0.39 is 0 Å². The van der Waals surface area contributed by atoms with Gasteiger partial charge in [-0.3, -0.25) is 9.59 Å². The maximum Gasteiger partial charge on any atom is 0.242 e. The van der Waals surface area contributed by atoms with Gasteiger partial charge in [0, 0.05) is 36.8 Å². The third-order valence-corrected chi connectivity index (χ3v) is 4.82. The van der Waals surface area contributed by atoms with Gasteiger partial charge in [0.1, 0.15) is 5.76 Å². The highest BCUT2D eigenvalue weighted by atomic mass is 35.5. The van der Waals surface area contributed by atoms with Crippen molar-refractivity contribution in [2.75, 3.05) is 39.8 Å². The van der Waals surface area contributed by atoms with E-state index in [1.165, 1.54) is 0 Å². The van der Waals surface area contributed by atoms with Gasteiger partial charge >= 0.3 is 0 Å². The molecule has 1 aliphatic heterocycles. The number of halogens is 1. The molecule has 0 atom stereocenters. The van der Waals surface area contributed by atoms with Crippen molar-refractivity contribution in [1.29, 1.82) is 0 Å². The molecule has 2 amide bonds. The monoisotopic (exact) mass is 390 g/mol. The van der Waals surface area contributed by atoms with Crippen LogP contribution in [0.4, 0.5) is 0 Å². The predicted octanol–water partition coefficient (Wildman–Crippen LogP) is 1.74. The number of hydrogen-bond acceptors (Lipinski definition) is 5. The summed E-state index contributed by atoms with van der Waals surface area (Å²) in [5.74, 6) is 0.677. The van der Waals surface area contributed by atoms with Crippen molar-refractivity contribution in [3.05, 3.63) is 40.7 Å². The van der Waals surface area contributed by atoms with E-state index in [-0.39, 0.29) is 24.8 Å². The summed E-state index contributed by atoms with van der Waals surface area (Å²) in [6.45, 7) is 4.85. The number of nitrogens with zero attached hydrogens (tertiary/aromatic N) is 3. The van der Waals surface area contributed by atoms with Gasteiger partial charge in [0.05, 0.1) is 18.7 Å². The molecule has 1 saturated heterocycles. The molecule has 0 aliphatic carbocycles. The molecule has 2 heterocycles. The first kappa shape index (κ1) is 19.4. The van der Waals surface area contributed by atoms with Crippen molar-refractivity contribution in [3.63, 3.8) is 0 Å². The van der Waals surface area contributed by atoms with Crippen molar-refractivity contribution < 1.29 is 14.0 Å². The first-order valence-corrected chi connectivity index (χ1v) is 9.25. The Morgan fingerprint density at radius 2 is 2.00 bits per heavy atom. The molecule has 0 unspecified atom stereocenters. The fourth-order valence-electron chi connectivity index (χ4n) is 2.89. The number of carbonyl (C=O) groups is 2. The number of rotatable bonds is 5. The molecule has 8 heteroatoms. The molecular weight excluding hydrogens is 368 g/mol. The number of piperazine rings is 1. The zero-order valence-electron chi connectivity index (χ0n) is 15.5. The second-order valence-electron chi connectivity index (χ2n) is 6.67. The summed E-state index contributed by atoms with van der Waals surface area (Å²) in [4.78, 5) is 32.8. The Kier molecular flexibility index (Phi) is 6.13. The summed E-state index contributed by atoms with van der Waals surface area (Å²) in [6, 6.07) is 7.18. The second kappa shape index (κ2) is 8.54. The summed E-state index contributed by atoms with van der Waals surface area (Å²) in [5.41, 5.74) is 1.30. The fraction of sp³-hybridized carbons (Fsp3) is 0.421. The average Bonchev–Trinajstić information content (AvgIpc) is 3.01. The third kappa shape index (κ3) is 5.08. The maximum atomic E-state index is 12.2. The van der Waals surface area contributed by atoms with E-state index in [0.29, 0.717) is 35.5 Å². The Balaban J connectivity index is 1.54. The molecule has 1 aromatic carbocycles. The Morgan fingerprint density at radius 3 is 2.70 bits per heavy atom. The molecule has 27 heavy (non-hydrogen) atoms. The van der Waals surface area contributed by atoms with Gasteiger partial charge in [0.15, 0.2) is 0 Å². The zero-order chi connectivity index (χ0) is 19.4. The van der Waals surface area contributed by atoms with Crippen molar-refractivity contribution in [2.24, 2.45) is 0 Å². The Labute approximate surface area is 163 Å². The zero-order valence-corrected chi connectivity index (χ0v) is 16.3. The topological polar surface area (TPSA) is 78.7 Å². The number of carbonyl (C=O) groups excluding carboxylic acids is 2. The SMILES string of the molecule is Cc1oc(-c2cccc(Cl)c2)nc1CC(=O)NCC(=O)N1CCN(C)CC1. The molecule has 2 aromatic rings. The number of benzene rings is 1. The smallest absolute Gasteiger partial charge is 0.242 e. The highest BCUT2D eigenvalue weighted by Crippen LogP contribution is 2.24. The van der Waals surface area contributed by atoms with Crippen LogP contribution in [0.15, 0.2) is 28.7 Å². The standard InChI is InChI=1S/C19H23ClN4O3/c1-13-16(22-19(27-13)14-4-3-5-15(20)10-14)11-17(25)21-12-18(26)24-8-6-23(2)7-9-24/h3-5,10H,6-9,11-12H2,1-2H3,(H,21,25). The molecule has 7 nitrogen and oxygen atoms in total. The number of aryl methyl sites for hydroxylation is 1. The highest BCUT2D eigenvalue weighted by Gasteiger charge is 2.20. The van der Waals surface area contributed by atoms with Crippen LogP contribution in [0, 0.1) is 6.92 Å². The minimum Gasteiger partial charge on any atom is -0.441 e. The Morgan fingerprint density at radius 1 is 1.26 bits per heavy atom. The second-order valence-corrected chi connectivity index (χ2v) is 7.11. The van der Waals surface area contributed by atoms with Crippen molar-refractivity contribution in [2.45, 2.75) is 13.3 Å². The molecule has 1 aromatic heterocycles. The summed E-state index contributed by atoms with van der Waals surface area (Å²) in [6.07, 6.45) is 0.0614. The lowest BCUT2D eigenvalue weighted by Crippen LogP contribution is -2.50. The van der Waals surface area contributed by atoms with Gasteiger partial charge in [-0.05, 0) is 32.2 Å². The molecule has 1 aliphatic rings. The van der Waals surface area contributed by atoms with Gasteiger partial charge in [-0.25, -0.2) is 4.98 Å². The maximum absolute atomic E-state index is 12.2. The lowest BCUT2D eigenvalue weighted by Gasteiger charge is -2.32. The number of nitrogens with one attached hydrogen (secondary N) is 1. The quantitative estimate of drug-likeness (QED) is 0.841. The van der Waals surface area contributed by atoms with Gasteiger partial charge in [-0.15, -0.1) is 0 Å². The average molecular weight is 391 g/mol. The first-order valence-electron chi connectivity index (χ1n) is 8.87. The highest BCUT2D eigenvalue weighted by molar-refractivity contribution is 6.30. The largest absolute Gasteiger partial charge is 0.441 e. The first-order chi connectivity index (χ1) is 12.9. The third-order valence-electron chi connectivity index (χ3n) is 4.58. The van der Waals surface area contributed by atoms with Crippen molar-refractivity contribution in [3.8, 4) is 11.5 Å². The Bertz CT molecular complexity index is 828. The van der Waals surface area contributed by atoms with E-state index in [9.17, 15) is 9.59 Å². The van der Waals surface area contributed by atoms with E-state index in [4.69, 9.17) is 16.0 Å². The van der Waals surface area contributed by atoms with Crippen molar-refractivity contribution in [1.82, 2.24) is 20.1 Å². The minimum atomic E-state index is -0.258. The van der Waals surface area contributed by atoms with E-state index in [2.05, 4.69) is 15.2 Å². The number of aromatic nitrogens is 1. The van der Waals surface area contributed by atoms with Crippen LogP contribution in [0.25, 0.3) is 11.5 Å². The van der Waals surface area contributed by atoms with Gasteiger partial charge in [0.2, 0.25) is 17.7 Å². The van der Waals surface area contributed by atoms with Gasteiger partial charge in [-0.1, -0.05) is 17.7 Å². The number of oxazole rings is 1. The van der Waals surface area contributed by atoms with Gasteiger partial charge in [0.25, 0.3) is 0 Å². The van der Waals surface area contributed by atoms with Crippen LogP contribution in [0.2, 0.25) is 5.02 Å². The lowest BCUT2D eigenvalue weighted by atomic mass is 10.2. The minimum absolute atomic E-state index is 0.000592. The molecule has 144 valence electrons. The van der Waals surface area contributed by atoms with Crippen LogP contribution < -0.4 is 5.32 Å². The Hall–Kier alpha value is -2.38.